The molecular weight excluding hydrogens is 415 g/mol. The number of likely N-dealkylation sites (tertiary alicyclic amines) is 1. The van der Waals surface area contributed by atoms with Gasteiger partial charge in [-0.2, -0.15) is 5.10 Å². The number of benzene rings is 2. The van der Waals surface area contributed by atoms with E-state index in [1.54, 1.807) is 0 Å². The Morgan fingerprint density at radius 1 is 1.15 bits per heavy atom. The molecule has 0 radical (unpaired) electrons. The third-order valence-electron chi connectivity index (χ3n) is 7.17. The SMILES string of the molecule is C/C(=N/NC(=O)CN1CCCCC1)c1ccc2c(c1)[C@@H]1C=CC[C@@H]1[C@H](c1ccc(F)cc1)N2. The molecule has 1 fully saturated rings. The van der Waals surface area contributed by atoms with Crippen LogP contribution in [0.5, 0.6) is 0 Å². The number of piperidine rings is 1. The molecule has 2 aromatic carbocycles. The van der Waals surface area contributed by atoms with E-state index in [2.05, 4.69) is 45.0 Å². The van der Waals surface area contributed by atoms with Gasteiger partial charge < -0.3 is 5.32 Å². The van der Waals surface area contributed by atoms with E-state index < -0.39 is 0 Å². The predicted octanol–water partition coefficient (Wildman–Crippen LogP) is 4.98. The number of allylic oxidation sites excluding steroid dienone is 2. The summed E-state index contributed by atoms with van der Waals surface area (Å²) >= 11 is 0. The average molecular weight is 447 g/mol. The summed E-state index contributed by atoms with van der Waals surface area (Å²) in [6, 6.07) is 13.3. The minimum absolute atomic E-state index is 0.0585. The maximum atomic E-state index is 13.4. The molecule has 0 unspecified atom stereocenters. The minimum atomic E-state index is -0.210. The third kappa shape index (κ3) is 4.71. The number of halogens is 1. The number of fused-ring (bicyclic) bond motifs is 3. The first-order chi connectivity index (χ1) is 16.1. The monoisotopic (exact) mass is 446 g/mol. The fourth-order valence-electron chi connectivity index (χ4n) is 5.39. The zero-order valence-corrected chi connectivity index (χ0v) is 19.1. The first kappa shape index (κ1) is 21.8. The van der Waals surface area contributed by atoms with E-state index in [1.807, 2.05) is 25.1 Å². The molecule has 2 aromatic rings. The third-order valence-corrected chi connectivity index (χ3v) is 7.17. The molecule has 3 atom stereocenters. The number of amides is 1. The van der Waals surface area contributed by atoms with Crippen LogP contribution in [0, 0.1) is 11.7 Å². The number of carbonyl (C=O) groups excluding carboxylic acids is 1. The van der Waals surface area contributed by atoms with Crippen LogP contribution < -0.4 is 10.7 Å². The summed E-state index contributed by atoms with van der Waals surface area (Å²) in [6.07, 6.45) is 9.11. The fourth-order valence-corrected chi connectivity index (χ4v) is 5.39. The van der Waals surface area contributed by atoms with Gasteiger partial charge in [-0.25, -0.2) is 9.82 Å². The molecule has 1 amide bonds. The molecular formula is C27H31FN4O. The van der Waals surface area contributed by atoms with Gasteiger partial charge in [0.05, 0.1) is 18.3 Å². The van der Waals surface area contributed by atoms with Gasteiger partial charge in [0.2, 0.25) is 0 Å². The summed E-state index contributed by atoms with van der Waals surface area (Å²) in [5, 5.41) is 8.07. The highest BCUT2D eigenvalue weighted by atomic mass is 19.1. The van der Waals surface area contributed by atoms with Crippen LogP contribution in [-0.4, -0.2) is 36.2 Å². The molecule has 0 saturated carbocycles. The average Bonchev–Trinajstić information content (AvgIpc) is 3.33. The van der Waals surface area contributed by atoms with Crippen LogP contribution in [0.3, 0.4) is 0 Å². The van der Waals surface area contributed by atoms with E-state index in [4.69, 9.17) is 0 Å². The van der Waals surface area contributed by atoms with Crippen molar-refractivity contribution in [2.45, 2.75) is 44.6 Å². The Bertz CT molecular complexity index is 1070. The van der Waals surface area contributed by atoms with Crippen LogP contribution in [0.1, 0.15) is 61.3 Å². The van der Waals surface area contributed by atoms with Gasteiger partial charge in [-0.15, -0.1) is 0 Å². The first-order valence-corrected chi connectivity index (χ1v) is 12.0. The molecule has 2 heterocycles. The van der Waals surface area contributed by atoms with Crippen LogP contribution in [0.2, 0.25) is 0 Å². The van der Waals surface area contributed by atoms with Gasteiger partial charge in [-0.3, -0.25) is 9.69 Å². The van der Waals surface area contributed by atoms with E-state index in [0.29, 0.717) is 18.4 Å². The number of carbonyl (C=O) groups is 1. The number of hydrogen-bond acceptors (Lipinski definition) is 4. The van der Waals surface area contributed by atoms with E-state index in [-0.39, 0.29) is 17.8 Å². The van der Waals surface area contributed by atoms with Crippen molar-refractivity contribution in [2.75, 3.05) is 25.0 Å². The zero-order chi connectivity index (χ0) is 22.8. The molecule has 1 aliphatic carbocycles. The highest BCUT2D eigenvalue weighted by Gasteiger charge is 2.38. The predicted molar refractivity (Wildman–Crippen MR) is 130 cm³/mol. The molecule has 3 aliphatic rings. The summed E-state index contributed by atoms with van der Waals surface area (Å²) in [5.41, 5.74) is 8.00. The molecule has 1 saturated heterocycles. The maximum Gasteiger partial charge on any atom is 0.254 e. The zero-order valence-electron chi connectivity index (χ0n) is 19.1. The van der Waals surface area contributed by atoms with Crippen LogP contribution in [0.25, 0.3) is 0 Å². The lowest BCUT2D eigenvalue weighted by molar-refractivity contribution is -0.122. The molecule has 33 heavy (non-hydrogen) atoms. The second kappa shape index (κ2) is 9.48. The standard InChI is InChI=1S/C27H31FN4O/c1-18(30-31-26(33)17-32-14-3-2-4-15-32)20-10-13-25-24(16-20)22-6-5-7-23(22)27(29-25)19-8-11-21(28)12-9-19/h5-6,8-13,16,22-23,27,29H,2-4,7,14-15,17H2,1H3,(H,31,33)/b30-18-/t22-,23+,27+/m1/s1. The molecule has 0 aromatic heterocycles. The Hall–Kier alpha value is -2.99. The Balaban J connectivity index is 1.31. The van der Waals surface area contributed by atoms with Gasteiger partial charge in [-0.05, 0) is 86.1 Å². The second-order valence-corrected chi connectivity index (χ2v) is 9.40. The van der Waals surface area contributed by atoms with Gasteiger partial charge >= 0.3 is 0 Å². The Morgan fingerprint density at radius 2 is 1.94 bits per heavy atom. The molecule has 2 N–H and O–H groups in total. The Morgan fingerprint density at radius 3 is 2.73 bits per heavy atom. The van der Waals surface area contributed by atoms with Gasteiger partial charge in [0, 0.05) is 11.6 Å². The van der Waals surface area contributed by atoms with Crippen molar-refractivity contribution in [3.8, 4) is 0 Å². The van der Waals surface area contributed by atoms with Crippen molar-refractivity contribution >= 4 is 17.3 Å². The molecule has 2 aliphatic heterocycles. The van der Waals surface area contributed by atoms with Crippen LogP contribution >= 0.6 is 0 Å². The highest BCUT2D eigenvalue weighted by molar-refractivity contribution is 6.00. The normalized spacial score (nSPS) is 24.7. The Labute approximate surface area is 194 Å². The molecule has 0 spiro atoms. The lowest BCUT2D eigenvalue weighted by Gasteiger charge is -2.37. The molecule has 6 heteroatoms. The molecule has 172 valence electrons. The minimum Gasteiger partial charge on any atom is -0.378 e. The number of hydrogen-bond donors (Lipinski definition) is 2. The quantitative estimate of drug-likeness (QED) is 0.387. The van der Waals surface area contributed by atoms with Gasteiger partial charge in [0.15, 0.2) is 0 Å². The van der Waals surface area contributed by atoms with Gasteiger partial charge in [0.25, 0.3) is 5.91 Å². The number of rotatable bonds is 5. The summed E-state index contributed by atoms with van der Waals surface area (Å²) in [7, 11) is 0. The second-order valence-electron chi connectivity index (χ2n) is 9.40. The van der Waals surface area contributed by atoms with Crippen molar-refractivity contribution < 1.29 is 9.18 Å². The van der Waals surface area contributed by atoms with E-state index in [9.17, 15) is 9.18 Å². The molecule has 0 bridgehead atoms. The van der Waals surface area contributed by atoms with Crippen molar-refractivity contribution in [2.24, 2.45) is 11.0 Å². The van der Waals surface area contributed by atoms with Crippen LogP contribution in [0.15, 0.2) is 59.7 Å². The molecule has 5 rings (SSSR count). The van der Waals surface area contributed by atoms with Gasteiger partial charge in [0.1, 0.15) is 5.82 Å². The van der Waals surface area contributed by atoms with Gasteiger partial charge in [-0.1, -0.05) is 36.8 Å². The topological polar surface area (TPSA) is 56.7 Å². The summed E-state index contributed by atoms with van der Waals surface area (Å²) < 4.78 is 13.4. The van der Waals surface area contributed by atoms with E-state index in [0.717, 1.165) is 54.9 Å². The lowest BCUT2D eigenvalue weighted by atomic mass is 9.76. The maximum absolute atomic E-state index is 13.4. The van der Waals surface area contributed by atoms with Crippen LogP contribution in [-0.2, 0) is 4.79 Å². The smallest absolute Gasteiger partial charge is 0.254 e. The number of nitrogens with zero attached hydrogens (tertiary/aromatic N) is 2. The van der Waals surface area contributed by atoms with Crippen molar-refractivity contribution in [3.63, 3.8) is 0 Å². The van der Waals surface area contributed by atoms with Crippen LogP contribution in [0.4, 0.5) is 10.1 Å². The summed E-state index contributed by atoms with van der Waals surface area (Å²) in [4.78, 5) is 14.5. The number of anilines is 1. The van der Waals surface area contributed by atoms with E-state index >= 15 is 0 Å². The lowest BCUT2D eigenvalue weighted by Crippen LogP contribution is -2.38. The summed E-state index contributed by atoms with van der Waals surface area (Å²) in [5.74, 6) is 0.424. The number of hydrazone groups is 1. The Kier molecular flexibility index (Phi) is 6.27. The van der Waals surface area contributed by atoms with Crippen molar-refractivity contribution in [3.05, 3.63) is 77.1 Å². The number of nitrogens with one attached hydrogen (secondary N) is 2. The fraction of sp³-hybridized carbons (Fsp3) is 0.407. The van der Waals surface area contributed by atoms with Crippen molar-refractivity contribution in [1.29, 1.82) is 0 Å². The first-order valence-electron chi connectivity index (χ1n) is 12.0. The highest BCUT2D eigenvalue weighted by Crippen LogP contribution is 2.49. The van der Waals surface area contributed by atoms with Crippen molar-refractivity contribution in [1.82, 2.24) is 10.3 Å². The largest absolute Gasteiger partial charge is 0.378 e. The van der Waals surface area contributed by atoms with E-state index in [1.165, 1.54) is 24.1 Å². The molecule has 5 nitrogen and oxygen atoms in total. The summed E-state index contributed by atoms with van der Waals surface area (Å²) in [6.45, 7) is 4.32.